The molecule has 2 atom stereocenters. The Balaban J connectivity index is 1.88. The first kappa shape index (κ1) is 20.4. The van der Waals surface area contributed by atoms with E-state index in [-0.39, 0.29) is 30.3 Å². The van der Waals surface area contributed by atoms with Gasteiger partial charge < -0.3 is 21.1 Å². The second kappa shape index (κ2) is 10.3. The van der Waals surface area contributed by atoms with E-state index in [1.807, 2.05) is 32.0 Å². The summed E-state index contributed by atoms with van der Waals surface area (Å²) in [4.78, 5) is 26.3. The molecule has 7 nitrogen and oxygen atoms in total. The van der Waals surface area contributed by atoms with Gasteiger partial charge in [-0.15, -0.1) is 0 Å². The van der Waals surface area contributed by atoms with Crippen LogP contribution in [0.3, 0.4) is 0 Å². The van der Waals surface area contributed by atoms with Crippen molar-refractivity contribution in [1.29, 1.82) is 0 Å². The van der Waals surface area contributed by atoms with E-state index in [0.717, 1.165) is 18.7 Å². The van der Waals surface area contributed by atoms with Crippen LogP contribution in [0, 0.1) is 5.92 Å². The maximum atomic E-state index is 12.1. The lowest BCUT2D eigenvalue weighted by Crippen LogP contribution is -2.48. The molecule has 144 valence electrons. The third kappa shape index (κ3) is 6.09. The van der Waals surface area contributed by atoms with Gasteiger partial charge in [-0.25, -0.2) is 0 Å². The Morgan fingerprint density at radius 1 is 1.15 bits per heavy atom. The molecule has 0 bridgehead atoms. The minimum atomic E-state index is -0.604. The summed E-state index contributed by atoms with van der Waals surface area (Å²) in [6, 6.07) is 9.58. The molecule has 26 heavy (non-hydrogen) atoms. The molecule has 1 aliphatic rings. The number of nitrogens with two attached hydrogens (primary N) is 1. The molecule has 0 aliphatic carbocycles. The lowest BCUT2D eigenvalue weighted by molar-refractivity contribution is -0.127. The second-order valence-corrected chi connectivity index (χ2v) is 6.87. The van der Waals surface area contributed by atoms with Crippen molar-refractivity contribution in [3.63, 3.8) is 0 Å². The summed E-state index contributed by atoms with van der Waals surface area (Å²) in [5, 5.41) is 5.52. The van der Waals surface area contributed by atoms with Gasteiger partial charge in [0.1, 0.15) is 0 Å². The van der Waals surface area contributed by atoms with Crippen molar-refractivity contribution in [2.75, 3.05) is 39.4 Å². The van der Waals surface area contributed by atoms with E-state index < -0.39 is 6.04 Å². The van der Waals surface area contributed by atoms with Crippen molar-refractivity contribution in [2.24, 2.45) is 11.7 Å². The molecule has 1 saturated heterocycles. The molecule has 1 unspecified atom stereocenters. The number of hydrogen-bond acceptors (Lipinski definition) is 5. The molecule has 2 rings (SSSR count). The molecule has 0 spiro atoms. The Kier molecular flexibility index (Phi) is 8.03. The van der Waals surface area contributed by atoms with Crippen LogP contribution in [0.25, 0.3) is 0 Å². The van der Waals surface area contributed by atoms with Crippen molar-refractivity contribution in [3.8, 4) is 0 Å². The van der Waals surface area contributed by atoms with E-state index in [9.17, 15) is 9.59 Å². The summed E-state index contributed by atoms with van der Waals surface area (Å²) < 4.78 is 5.43. The number of morpholine rings is 1. The number of hydrogen-bond donors (Lipinski definition) is 3. The smallest absolute Gasteiger partial charge is 0.239 e. The van der Waals surface area contributed by atoms with Crippen LogP contribution in [0.5, 0.6) is 0 Å². The average Bonchev–Trinajstić information content (AvgIpc) is 2.67. The molecular weight excluding hydrogens is 332 g/mol. The van der Waals surface area contributed by atoms with Crippen LogP contribution in [0.4, 0.5) is 0 Å². The fourth-order valence-electron chi connectivity index (χ4n) is 2.88. The fraction of sp³-hybridized carbons (Fsp3) is 0.579. The van der Waals surface area contributed by atoms with Gasteiger partial charge in [0.2, 0.25) is 11.8 Å². The number of carbonyl (C=O) groups is 2. The number of rotatable bonds is 8. The summed E-state index contributed by atoms with van der Waals surface area (Å²) in [6.07, 6.45) is 0. The number of benzene rings is 1. The van der Waals surface area contributed by atoms with Crippen LogP contribution in [-0.2, 0) is 14.3 Å². The maximum absolute atomic E-state index is 12.1. The quantitative estimate of drug-likeness (QED) is 0.617. The van der Waals surface area contributed by atoms with Crippen molar-refractivity contribution in [3.05, 3.63) is 35.9 Å². The molecule has 1 fully saturated rings. The van der Waals surface area contributed by atoms with Gasteiger partial charge >= 0.3 is 0 Å². The number of amides is 2. The maximum Gasteiger partial charge on any atom is 0.239 e. The van der Waals surface area contributed by atoms with E-state index >= 15 is 0 Å². The molecule has 4 N–H and O–H groups in total. The van der Waals surface area contributed by atoms with E-state index in [1.54, 1.807) is 0 Å². The van der Waals surface area contributed by atoms with E-state index in [0.29, 0.717) is 19.8 Å². The second-order valence-electron chi connectivity index (χ2n) is 6.87. The van der Waals surface area contributed by atoms with Gasteiger partial charge in [0.25, 0.3) is 0 Å². The lowest BCUT2D eigenvalue weighted by Gasteiger charge is -2.35. The van der Waals surface area contributed by atoms with E-state index in [1.165, 1.54) is 0 Å². The monoisotopic (exact) mass is 362 g/mol. The molecule has 1 heterocycles. The van der Waals surface area contributed by atoms with Crippen LogP contribution in [0.15, 0.2) is 30.3 Å². The summed E-state index contributed by atoms with van der Waals surface area (Å²) >= 11 is 0. The summed E-state index contributed by atoms with van der Waals surface area (Å²) in [5.74, 6) is -0.492. The molecule has 7 heteroatoms. The third-order valence-electron chi connectivity index (χ3n) is 4.61. The minimum absolute atomic E-state index is 0.0295. The van der Waals surface area contributed by atoms with Gasteiger partial charge in [-0.1, -0.05) is 44.2 Å². The van der Waals surface area contributed by atoms with Gasteiger partial charge in [-0.05, 0) is 11.5 Å². The van der Waals surface area contributed by atoms with Gasteiger partial charge in [0.15, 0.2) is 0 Å². The van der Waals surface area contributed by atoms with Crippen LogP contribution < -0.4 is 16.4 Å². The molecule has 1 aromatic carbocycles. The van der Waals surface area contributed by atoms with Crippen LogP contribution in [-0.4, -0.2) is 62.1 Å². The van der Waals surface area contributed by atoms with E-state index in [4.69, 9.17) is 10.5 Å². The Morgan fingerprint density at radius 3 is 2.42 bits per heavy atom. The Bertz CT molecular complexity index is 573. The van der Waals surface area contributed by atoms with Crippen molar-refractivity contribution in [1.82, 2.24) is 15.5 Å². The number of carbonyl (C=O) groups excluding carboxylic acids is 2. The molecule has 1 aliphatic heterocycles. The van der Waals surface area contributed by atoms with Gasteiger partial charge in [0, 0.05) is 19.6 Å². The molecule has 0 aromatic heterocycles. The average molecular weight is 362 g/mol. The van der Waals surface area contributed by atoms with Crippen LogP contribution in [0.1, 0.15) is 25.5 Å². The number of nitrogens with zero attached hydrogens (tertiary/aromatic N) is 1. The number of ether oxygens (including phenoxy) is 1. The highest BCUT2D eigenvalue weighted by Crippen LogP contribution is 2.20. The topological polar surface area (TPSA) is 96.7 Å². The largest absolute Gasteiger partial charge is 0.379 e. The third-order valence-corrected chi connectivity index (χ3v) is 4.61. The first-order valence-corrected chi connectivity index (χ1v) is 9.15. The van der Waals surface area contributed by atoms with Crippen LogP contribution in [0.2, 0.25) is 0 Å². The number of nitrogens with one attached hydrogen (secondary N) is 2. The first-order valence-electron chi connectivity index (χ1n) is 9.15. The highest BCUT2D eigenvalue weighted by Gasteiger charge is 2.23. The summed E-state index contributed by atoms with van der Waals surface area (Å²) in [5.41, 5.74) is 6.93. The first-order chi connectivity index (χ1) is 12.5. The predicted molar refractivity (Wildman–Crippen MR) is 100 cm³/mol. The normalized spacial score (nSPS) is 17.5. The van der Waals surface area contributed by atoms with Crippen molar-refractivity contribution < 1.29 is 14.3 Å². The Morgan fingerprint density at radius 2 is 1.81 bits per heavy atom. The molecular formula is C19H30N4O3. The zero-order valence-electron chi connectivity index (χ0n) is 15.6. The summed E-state index contributed by atoms with van der Waals surface area (Å²) in [6.45, 7) is 7.21. The van der Waals surface area contributed by atoms with Crippen molar-refractivity contribution in [2.45, 2.75) is 25.9 Å². The lowest BCUT2D eigenvalue weighted by atomic mass is 10.0. The highest BCUT2D eigenvalue weighted by molar-refractivity contribution is 5.87. The van der Waals surface area contributed by atoms with Crippen LogP contribution >= 0.6 is 0 Å². The van der Waals surface area contributed by atoms with Gasteiger partial charge in [0.05, 0.1) is 31.8 Å². The minimum Gasteiger partial charge on any atom is -0.379 e. The molecule has 0 saturated carbocycles. The van der Waals surface area contributed by atoms with Crippen molar-refractivity contribution >= 4 is 11.8 Å². The zero-order valence-corrected chi connectivity index (χ0v) is 15.6. The predicted octanol–water partition coefficient (Wildman–Crippen LogP) is 0.276. The zero-order chi connectivity index (χ0) is 18.9. The molecule has 0 radical (unpaired) electrons. The van der Waals surface area contributed by atoms with Gasteiger partial charge in [-0.3, -0.25) is 14.5 Å². The Labute approximate surface area is 155 Å². The SMILES string of the molecule is CC(C)[C@H](N)C(=O)NCC(=O)NCC(c1ccccc1)N1CCOCC1. The standard InChI is InChI=1S/C19H30N4O3/c1-14(2)18(20)19(25)22-13-17(24)21-12-16(15-6-4-3-5-7-15)23-8-10-26-11-9-23/h3-7,14,16,18H,8-13,20H2,1-2H3,(H,21,24)(H,22,25)/t16?,18-/m0/s1. The fourth-order valence-corrected chi connectivity index (χ4v) is 2.88. The highest BCUT2D eigenvalue weighted by atomic mass is 16.5. The Hall–Kier alpha value is -1.96. The molecule has 2 amide bonds. The molecule has 1 aromatic rings. The van der Waals surface area contributed by atoms with Gasteiger partial charge in [-0.2, -0.15) is 0 Å². The summed E-state index contributed by atoms with van der Waals surface area (Å²) in [7, 11) is 0. The van der Waals surface area contributed by atoms with E-state index in [2.05, 4.69) is 27.7 Å².